The van der Waals surface area contributed by atoms with Gasteiger partial charge in [0.05, 0.1) is 13.2 Å². The zero-order chi connectivity index (χ0) is 16.6. The molecule has 0 unspecified atom stereocenters. The van der Waals surface area contributed by atoms with Gasteiger partial charge in [0.1, 0.15) is 6.10 Å². The van der Waals surface area contributed by atoms with Crippen molar-refractivity contribution in [2.45, 2.75) is 44.8 Å². The molecule has 0 N–H and O–H groups in total. The van der Waals surface area contributed by atoms with E-state index in [9.17, 15) is 9.59 Å². The summed E-state index contributed by atoms with van der Waals surface area (Å²) in [5.41, 5.74) is 0.444. The lowest BCUT2D eigenvalue weighted by molar-refractivity contribution is -0.150. The van der Waals surface area contributed by atoms with E-state index in [4.69, 9.17) is 9.47 Å². The van der Waals surface area contributed by atoms with Crippen LogP contribution in [0.5, 0.6) is 0 Å². The van der Waals surface area contributed by atoms with Crippen LogP contribution >= 0.6 is 0 Å². The number of fused-ring (bicyclic) bond motifs is 3. The van der Waals surface area contributed by atoms with Gasteiger partial charge in [0.15, 0.2) is 11.2 Å². The highest BCUT2D eigenvalue weighted by Gasteiger charge is 2.67. The molecule has 1 aromatic rings. The van der Waals surface area contributed by atoms with Crippen molar-refractivity contribution in [3.05, 3.63) is 47.5 Å². The van der Waals surface area contributed by atoms with Crippen molar-refractivity contribution in [1.82, 2.24) is 0 Å². The Bertz CT molecular complexity index is 663. The lowest BCUT2D eigenvalue weighted by atomic mass is 9.75. The van der Waals surface area contributed by atoms with Gasteiger partial charge in [-0.05, 0) is 17.6 Å². The van der Waals surface area contributed by atoms with Crippen LogP contribution in [0.25, 0.3) is 0 Å². The predicted octanol–water partition coefficient (Wildman–Crippen LogP) is 3.62. The van der Waals surface area contributed by atoms with Gasteiger partial charge in [0.25, 0.3) is 0 Å². The van der Waals surface area contributed by atoms with E-state index in [0.29, 0.717) is 11.1 Å². The van der Waals surface area contributed by atoms with Gasteiger partial charge in [-0.3, -0.25) is 9.59 Å². The third-order valence-electron chi connectivity index (χ3n) is 5.01. The normalized spacial score (nSPS) is 28.6. The molecule has 2 aliphatic rings. The first kappa shape index (κ1) is 15.9. The maximum Gasteiger partial charge on any atom is 0.327 e. The van der Waals surface area contributed by atoms with E-state index in [2.05, 4.69) is 13.5 Å². The quantitative estimate of drug-likeness (QED) is 0.360. The fraction of sp³-hybridized carbons (Fsp3) is 0.474. The SMILES string of the molecule is C=C1[C@@H](CCCCC)O[C@@H]2c3ccccc3C(=O)[C@]12C(=O)OC. The zero-order valence-corrected chi connectivity index (χ0v) is 13.6. The zero-order valence-electron chi connectivity index (χ0n) is 13.6. The smallest absolute Gasteiger partial charge is 0.327 e. The Hall–Kier alpha value is -1.94. The van der Waals surface area contributed by atoms with Gasteiger partial charge in [0, 0.05) is 5.56 Å². The number of ether oxygens (including phenoxy) is 2. The largest absolute Gasteiger partial charge is 0.468 e. The molecule has 1 aromatic carbocycles. The molecule has 3 rings (SSSR count). The minimum Gasteiger partial charge on any atom is -0.468 e. The second kappa shape index (κ2) is 5.93. The molecule has 0 aromatic heterocycles. The van der Waals surface area contributed by atoms with Gasteiger partial charge in [-0.25, -0.2) is 0 Å². The highest BCUT2D eigenvalue weighted by Crippen LogP contribution is 2.59. The first-order valence-corrected chi connectivity index (χ1v) is 8.15. The monoisotopic (exact) mass is 314 g/mol. The summed E-state index contributed by atoms with van der Waals surface area (Å²) in [6.07, 6.45) is 3.07. The van der Waals surface area contributed by atoms with E-state index in [1.807, 2.05) is 12.1 Å². The second-order valence-electron chi connectivity index (χ2n) is 6.24. The molecule has 1 aliphatic carbocycles. The van der Waals surface area contributed by atoms with Gasteiger partial charge in [-0.15, -0.1) is 0 Å². The number of hydrogen-bond acceptors (Lipinski definition) is 4. The Kier molecular flexibility index (Phi) is 4.11. The van der Waals surface area contributed by atoms with Gasteiger partial charge in [0.2, 0.25) is 0 Å². The number of methoxy groups -OCH3 is 1. The minimum atomic E-state index is -1.41. The maximum atomic E-state index is 13.0. The standard InChI is InChI=1S/C19H22O4/c1-4-5-6-11-15-12(2)19(18(21)22-3)16(20)13-9-7-8-10-14(13)17(19)23-15/h7-10,15,17H,2,4-6,11H2,1,3H3/t15-,17-,19-/m1/s1. The highest BCUT2D eigenvalue weighted by molar-refractivity contribution is 6.19. The van der Waals surface area contributed by atoms with Crippen molar-refractivity contribution in [2.75, 3.05) is 7.11 Å². The summed E-state index contributed by atoms with van der Waals surface area (Å²) < 4.78 is 11.1. The van der Waals surface area contributed by atoms with Gasteiger partial charge in [-0.1, -0.05) is 57.0 Å². The minimum absolute atomic E-state index is 0.243. The number of carbonyl (C=O) groups excluding carboxylic acids is 2. The molecule has 122 valence electrons. The van der Waals surface area contributed by atoms with Crippen LogP contribution in [0.2, 0.25) is 0 Å². The lowest BCUT2D eigenvalue weighted by Crippen LogP contribution is -2.40. The molecule has 1 fully saturated rings. The van der Waals surface area contributed by atoms with Crippen LogP contribution in [-0.2, 0) is 14.3 Å². The van der Waals surface area contributed by atoms with E-state index in [1.54, 1.807) is 12.1 Å². The first-order chi connectivity index (χ1) is 11.1. The molecular weight excluding hydrogens is 292 g/mol. The topological polar surface area (TPSA) is 52.6 Å². The number of benzene rings is 1. The summed E-state index contributed by atoms with van der Waals surface area (Å²) in [5, 5.41) is 0. The number of rotatable bonds is 5. The van der Waals surface area contributed by atoms with Crippen LogP contribution < -0.4 is 0 Å². The lowest BCUT2D eigenvalue weighted by Gasteiger charge is -2.24. The fourth-order valence-corrected chi connectivity index (χ4v) is 3.80. The number of esters is 1. The van der Waals surface area contributed by atoms with Crippen molar-refractivity contribution in [3.63, 3.8) is 0 Å². The molecule has 4 nitrogen and oxygen atoms in total. The average Bonchev–Trinajstić information content (AvgIpc) is 3.00. The summed E-state index contributed by atoms with van der Waals surface area (Å²) in [6.45, 7) is 6.22. The number of unbranched alkanes of at least 4 members (excludes halogenated alkanes) is 2. The molecule has 23 heavy (non-hydrogen) atoms. The Balaban J connectivity index is 2.02. The molecule has 0 spiro atoms. The molecule has 1 saturated heterocycles. The van der Waals surface area contributed by atoms with Crippen molar-refractivity contribution in [3.8, 4) is 0 Å². The van der Waals surface area contributed by atoms with Gasteiger partial charge in [-0.2, -0.15) is 0 Å². The molecule has 3 atom stereocenters. The Morgan fingerprint density at radius 2 is 2.09 bits per heavy atom. The van der Waals surface area contributed by atoms with E-state index in [0.717, 1.165) is 31.2 Å². The van der Waals surface area contributed by atoms with Crippen LogP contribution in [0.4, 0.5) is 0 Å². The Morgan fingerprint density at radius 1 is 1.35 bits per heavy atom. The summed E-state index contributed by atoms with van der Waals surface area (Å²) in [5.74, 6) is -0.806. The summed E-state index contributed by atoms with van der Waals surface area (Å²) in [7, 11) is 1.31. The third-order valence-corrected chi connectivity index (χ3v) is 5.01. The van der Waals surface area contributed by atoms with Gasteiger partial charge >= 0.3 is 5.97 Å². The van der Waals surface area contributed by atoms with Crippen LogP contribution in [0, 0.1) is 5.41 Å². The predicted molar refractivity (Wildman–Crippen MR) is 86.1 cm³/mol. The summed E-state index contributed by atoms with van der Waals surface area (Å²) in [6, 6.07) is 7.24. The summed E-state index contributed by atoms with van der Waals surface area (Å²) in [4.78, 5) is 25.6. The number of ketones is 1. The Morgan fingerprint density at radius 3 is 2.78 bits per heavy atom. The number of Topliss-reactive ketones (excluding diaryl/α,β-unsaturated/α-hetero) is 1. The third kappa shape index (κ3) is 2.08. The number of carbonyl (C=O) groups is 2. The van der Waals surface area contributed by atoms with E-state index in [-0.39, 0.29) is 11.9 Å². The van der Waals surface area contributed by atoms with Crippen molar-refractivity contribution in [1.29, 1.82) is 0 Å². The molecular formula is C19H22O4. The fourth-order valence-electron chi connectivity index (χ4n) is 3.80. The van der Waals surface area contributed by atoms with Crippen LogP contribution in [0.3, 0.4) is 0 Å². The molecule has 0 saturated carbocycles. The highest BCUT2D eigenvalue weighted by atomic mass is 16.5. The van der Waals surface area contributed by atoms with Crippen molar-refractivity contribution < 1.29 is 19.1 Å². The van der Waals surface area contributed by atoms with Crippen molar-refractivity contribution >= 4 is 11.8 Å². The molecule has 0 radical (unpaired) electrons. The maximum absolute atomic E-state index is 13.0. The number of hydrogen-bond donors (Lipinski definition) is 0. The molecule has 4 heteroatoms. The molecule has 1 heterocycles. The molecule has 0 bridgehead atoms. The van der Waals surface area contributed by atoms with E-state index >= 15 is 0 Å². The van der Waals surface area contributed by atoms with Gasteiger partial charge < -0.3 is 9.47 Å². The second-order valence-corrected chi connectivity index (χ2v) is 6.24. The van der Waals surface area contributed by atoms with Crippen LogP contribution in [0.1, 0.15) is 54.6 Å². The molecule has 1 aliphatic heterocycles. The van der Waals surface area contributed by atoms with Crippen LogP contribution in [0.15, 0.2) is 36.4 Å². The Labute approximate surface area is 136 Å². The van der Waals surface area contributed by atoms with E-state index < -0.39 is 17.5 Å². The van der Waals surface area contributed by atoms with Crippen molar-refractivity contribution in [2.24, 2.45) is 5.41 Å². The average molecular weight is 314 g/mol. The summed E-state index contributed by atoms with van der Waals surface area (Å²) >= 11 is 0. The van der Waals surface area contributed by atoms with E-state index in [1.165, 1.54) is 7.11 Å². The first-order valence-electron chi connectivity index (χ1n) is 8.15. The van der Waals surface area contributed by atoms with Crippen LogP contribution in [-0.4, -0.2) is 25.0 Å². The molecule has 0 amide bonds.